The Bertz CT molecular complexity index is 795. The third-order valence-electron chi connectivity index (χ3n) is 4.65. The number of hydrogen-bond acceptors (Lipinski definition) is 5. The molecule has 0 saturated heterocycles. The molecule has 2 rings (SSSR count). The molecular weight excluding hydrogens is 332 g/mol. The Kier molecular flexibility index (Phi) is 5.49. The third-order valence-corrected chi connectivity index (χ3v) is 4.65. The fraction of sp³-hybridized carbons (Fsp3) is 0.474. The zero-order valence-corrected chi connectivity index (χ0v) is 15.9. The summed E-state index contributed by atoms with van der Waals surface area (Å²) in [5.41, 5.74) is 6.26. The number of esters is 1. The molecule has 0 atom stereocenters. The Morgan fingerprint density at radius 1 is 1.12 bits per heavy atom. The first-order valence-corrected chi connectivity index (χ1v) is 8.53. The van der Waals surface area contributed by atoms with Gasteiger partial charge in [0.25, 0.3) is 0 Å². The van der Waals surface area contributed by atoms with Gasteiger partial charge in [-0.2, -0.15) is 5.10 Å². The van der Waals surface area contributed by atoms with Gasteiger partial charge < -0.3 is 10.5 Å². The van der Waals surface area contributed by atoms with Crippen molar-refractivity contribution in [1.29, 1.82) is 0 Å². The molecule has 0 fully saturated rings. The van der Waals surface area contributed by atoms with Gasteiger partial charge in [-0.25, -0.2) is 9.67 Å². The van der Waals surface area contributed by atoms with Crippen LogP contribution in [0.5, 0.6) is 0 Å². The van der Waals surface area contributed by atoms with E-state index in [1.807, 2.05) is 18.2 Å². The normalized spacial score (nSPS) is 12.0. The summed E-state index contributed by atoms with van der Waals surface area (Å²) < 4.78 is 6.90. The van der Waals surface area contributed by atoms with E-state index in [1.54, 1.807) is 45.6 Å². The number of amides is 1. The second-order valence-electron chi connectivity index (χ2n) is 7.35. The fourth-order valence-electron chi connectivity index (χ4n) is 2.58. The second kappa shape index (κ2) is 7.27. The summed E-state index contributed by atoms with van der Waals surface area (Å²) in [4.78, 5) is 28.3. The maximum absolute atomic E-state index is 12.4. The largest absolute Gasteiger partial charge is 0.465 e. The quantitative estimate of drug-likeness (QED) is 0.762. The summed E-state index contributed by atoms with van der Waals surface area (Å²) in [5, 5.41) is 4.12. The monoisotopic (exact) mass is 358 g/mol. The van der Waals surface area contributed by atoms with E-state index in [0.717, 1.165) is 16.7 Å². The second-order valence-corrected chi connectivity index (χ2v) is 7.35. The summed E-state index contributed by atoms with van der Waals surface area (Å²) >= 11 is 0. The Labute approximate surface area is 153 Å². The van der Waals surface area contributed by atoms with Gasteiger partial charge in [0.15, 0.2) is 0 Å². The molecule has 1 aromatic carbocycles. The molecule has 0 aliphatic carbocycles. The zero-order chi connectivity index (χ0) is 19.5. The lowest BCUT2D eigenvalue weighted by Gasteiger charge is -2.28. The molecule has 1 heterocycles. The van der Waals surface area contributed by atoms with Crippen molar-refractivity contribution in [2.24, 2.45) is 5.73 Å². The van der Waals surface area contributed by atoms with Gasteiger partial charge in [0.1, 0.15) is 12.7 Å². The van der Waals surface area contributed by atoms with Crippen LogP contribution >= 0.6 is 0 Å². The highest BCUT2D eigenvalue weighted by Gasteiger charge is 2.34. The topological polar surface area (TPSA) is 100 Å². The molecule has 0 bridgehead atoms. The number of ether oxygens (including phenoxy) is 1. The highest BCUT2D eigenvalue weighted by atomic mass is 16.5. The number of primary amides is 1. The molecule has 1 aromatic heterocycles. The molecular formula is C19H26N4O3. The number of carbonyl (C=O) groups excluding carboxylic acids is 2. The molecule has 0 unspecified atom stereocenters. The highest BCUT2D eigenvalue weighted by molar-refractivity contribution is 5.86. The van der Waals surface area contributed by atoms with Crippen LogP contribution in [0.15, 0.2) is 30.9 Å². The molecule has 7 nitrogen and oxygen atoms in total. The van der Waals surface area contributed by atoms with Crippen molar-refractivity contribution < 1.29 is 14.3 Å². The lowest BCUT2D eigenvalue weighted by Crippen LogP contribution is -2.37. The summed E-state index contributed by atoms with van der Waals surface area (Å²) in [6, 6.07) is 5.70. The van der Waals surface area contributed by atoms with Crippen LogP contribution in [0.25, 0.3) is 0 Å². The van der Waals surface area contributed by atoms with E-state index in [-0.39, 0.29) is 5.97 Å². The minimum absolute atomic E-state index is 0.306. The van der Waals surface area contributed by atoms with Crippen molar-refractivity contribution in [3.05, 3.63) is 47.5 Å². The van der Waals surface area contributed by atoms with Crippen molar-refractivity contribution >= 4 is 11.9 Å². The van der Waals surface area contributed by atoms with E-state index < -0.39 is 16.7 Å². The standard InChI is InChI=1S/C19H26N4O3/c1-6-26-17(25)19(4,5)15-8-13(10-23-12-21-11-22-23)7-14(9-15)18(2,3)16(20)24/h7-9,11-12H,6,10H2,1-5H3,(H2,20,24). The fourth-order valence-corrected chi connectivity index (χ4v) is 2.58. The Morgan fingerprint density at radius 2 is 1.73 bits per heavy atom. The minimum atomic E-state index is -0.877. The smallest absolute Gasteiger partial charge is 0.315 e. The first kappa shape index (κ1) is 19.6. The van der Waals surface area contributed by atoms with E-state index >= 15 is 0 Å². The third kappa shape index (κ3) is 3.92. The number of nitrogens with zero attached hydrogens (tertiary/aromatic N) is 3. The van der Waals surface area contributed by atoms with Crippen molar-refractivity contribution in [2.45, 2.75) is 52.0 Å². The van der Waals surface area contributed by atoms with Crippen molar-refractivity contribution in [3.63, 3.8) is 0 Å². The van der Waals surface area contributed by atoms with Crippen LogP contribution in [0.1, 0.15) is 51.3 Å². The minimum Gasteiger partial charge on any atom is -0.465 e. The molecule has 0 radical (unpaired) electrons. The number of benzene rings is 1. The van der Waals surface area contributed by atoms with Crippen molar-refractivity contribution in [3.8, 4) is 0 Å². The average Bonchev–Trinajstić information content (AvgIpc) is 3.07. The first-order chi connectivity index (χ1) is 12.1. The van der Waals surface area contributed by atoms with Gasteiger partial charge in [-0.3, -0.25) is 9.59 Å². The average molecular weight is 358 g/mol. The lowest BCUT2D eigenvalue weighted by molar-refractivity contribution is -0.148. The van der Waals surface area contributed by atoms with E-state index in [1.165, 1.54) is 6.33 Å². The van der Waals surface area contributed by atoms with E-state index in [9.17, 15) is 9.59 Å². The summed E-state index contributed by atoms with van der Waals surface area (Å²) in [6.07, 6.45) is 3.07. The number of hydrogen-bond donors (Lipinski definition) is 1. The molecule has 0 saturated carbocycles. The van der Waals surface area contributed by atoms with Crippen molar-refractivity contribution in [2.75, 3.05) is 6.61 Å². The van der Waals surface area contributed by atoms with Gasteiger partial charge in [0.05, 0.1) is 24.0 Å². The predicted octanol–water partition coefficient (Wildman–Crippen LogP) is 1.93. The predicted molar refractivity (Wildman–Crippen MR) is 97.4 cm³/mol. The van der Waals surface area contributed by atoms with E-state index in [2.05, 4.69) is 10.1 Å². The molecule has 0 spiro atoms. The molecule has 26 heavy (non-hydrogen) atoms. The maximum atomic E-state index is 12.4. The van der Waals surface area contributed by atoms with Gasteiger partial charge in [0.2, 0.25) is 5.91 Å². The van der Waals surface area contributed by atoms with Gasteiger partial charge in [-0.15, -0.1) is 0 Å². The maximum Gasteiger partial charge on any atom is 0.315 e. The van der Waals surface area contributed by atoms with Crippen LogP contribution in [0, 0.1) is 0 Å². The van der Waals surface area contributed by atoms with Gasteiger partial charge in [0, 0.05) is 0 Å². The molecule has 2 aromatic rings. The Morgan fingerprint density at radius 3 is 2.23 bits per heavy atom. The molecule has 0 aliphatic rings. The van der Waals surface area contributed by atoms with Crippen LogP contribution in [0.4, 0.5) is 0 Å². The first-order valence-electron chi connectivity index (χ1n) is 8.53. The van der Waals surface area contributed by atoms with Crippen molar-refractivity contribution in [1.82, 2.24) is 14.8 Å². The number of aromatic nitrogens is 3. The molecule has 2 N–H and O–H groups in total. The highest BCUT2D eigenvalue weighted by Crippen LogP contribution is 2.32. The Hall–Kier alpha value is -2.70. The van der Waals surface area contributed by atoms with Gasteiger partial charge in [-0.05, 0) is 51.3 Å². The van der Waals surface area contributed by atoms with E-state index in [4.69, 9.17) is 10.5 Å². The number of carbonyl (C=O) groups is 2. The van der Waals surface area contributed by atoms with Crippen LogP contribution in [0.2, 0.25) is 0 Å². The summed E-state index contributed by atoms with van der Waals surface area (Å²) in [7, 11) is 0. The molecule has 7 heteroatoms. The number of rotatable bonds is 7. The van der Waals surface area contributed by atoms with E-state index in [0.29, 0.717) is 13.2 Å². The molecule has 140 valence electrons. The molecule has 1 amide bonds. The summed E-state index contributed by atoms with van der Waals surface area (Å²) in [5.74, 6) is -0.754. The van der Waals surface area contributed by atoms with Crippen LogP contribution < -0.4 is 5.73 Å². The lowest BCUT2D eigenvalue weighted by atomic mass is 9.77. The van der Waals surface area contributed by atoms with Gasteiger partial charge in [-0.1, -0.05) is 18.2 Å². The van der Waals surface area contributed by atoms with Crippen LogP contribution in [-0.4, -0.2) is 33.2 Å². The van der Waals surface area contributed by atoms with Crippen LogP contribution in [-0.2, 0) is 31.7 Å². The number of nitrogens with two attached hydrogens (primary N) is 1. The molecule has 0 aliphatic heterocycles. The Balaban J connectivity index is 2.56. The zero-order valence-electron chi connectivity index (χ0n) is 15.9. The van der Waals surface area contributed by atoms with Gasteiger partial charge >= 0.3 is 5.97 Å². The SMILES string of the molecule is CCOC(=O)C(C)(C)c1cc(Cn2cncn2)cc(C(C)(C)C(N)=O)c1. The van der Waals surface area contributed by atoms with Crippen LogP contribution in [0.3, 0.4) is 0 Å². The summed E-state index contributed by atoms with van der Waals surface area (Å²) in [6.45, 7) is 9.70.